The van der Waals surface area contributed by atoms with Crippen LogP contribution in [0.4, 0.5) is 0 Å². The fourth-order valence-corrected chi connectivity index (χ4v) is 2.61. The zero-order chi connectivity index (χ0) is 11.1. The quantitative estimate of drug-likeness (QED) is 0.790. The largest absolute Gasteiger partial charge is 0.492 e. The van der Waals surface area contributed by atoms with Crippen LogP contribution in [0.25, 0.3) is 0 Å². The van der Waals surface area contributed by atoms with Crippen molar-refractivity contribution in [3.8, 4) is 5.88 Å². The van der Waals surface area contributed by atoms with E-state index in [1.165, 1.54) is 11.1 Å². The first-order valence-electron chi connectivity index (χ1n) is 5.56. The second-order valence-corrected chi connectivity index (χ2v) is 4.36. The minimum atomic E-state index is 0.113. The normalized spacial score (nSPS) is 18.7. The van der Waals surface area contributed by atoms with Crippen LogP contribution in [0.1, 0.15) is 29.3 Å². The van der Waals surface area contributed by atoms with Gasteiger partial charge in [-0.25, -0.2) is 0 Å². The first kappa shape index (κ1) is 9.46. The van der Waals surface area contributed by atoms with E-state index in [9.17, 15) is 5.11 Å². The number of rotatable bonds is 1. The molecule has 1 atom stereocenters. The molecule has 0 bridgehead atoms. The molecule has 1 N–H and O–H groups in total. The van der Waals surface area contributed by atoms with Gasteiger partial charge in [-0.15, -0.1) is 0 Å². The highest BCUT2D eigenvalue weighted by molar-refractivity contribution is 5.39. The van der Waals surface area contributed by atoms with Gasteiger partial charge in [0, 0.05) is 13.0 Å². The molecule has 1 aliphatic rings. The Kier molecular flexibility index (Phi) is 1.99. The zero-order valence-electron chi connectivity index (χ0n) is 9.22. The molecule has 82 valence electrons. The lowest BCUT2D eigenvalue weighted by Crippen LogP contribution is -2.04. The summed E-state index contributed by atoms with van der Waals surface area (Å²) in [6.45, 7) is 0. The van der Waals surface area contributed by atoms with Crippen molar-refractivity contribution < 1.29 is 5.11 Å². The van der Waals surface area contributed by atoms with Crippen molar-refractivity contribution in [1.82, 2.24) is 9.55 Å². The Labute approximate surface area is 94.4 Å². The van der Waals surface area contributed by atoms with Gasteiger partial charge in [-0.05, 0) is 24.0 Å². The van der Waals surface area contributed by atoms with Gasteiger partial charge < -0.3 is 9.67 Å². The average molecular weight is 214 g/mol. The summed E-state index contributed by atoms with van der Waals surface area (Å²) in [5, 5.41) is 9.41. The molecule has 3 heteroatoms. The predicted molar refractivity (Wildman–Crippen MR) is 61.5 cm³/mol. The standard InChI is InChI=1S/C13H14N2O/c1-15-8-12(16)14-13(15)11-7-6-9-4-2-3-5-10(9)11/h2-5,8,11,16H,6-7H2,1H3. The summed E-state index contributed by atoms with van der Waals surface area (Å²) in [5.74, 6) is 1.41. The molecule has 0 saturated carbocycles. The van der Waals surface area contributed by atoms with Crippen LogP contribution in [0, 0.1) is 0 Å². The number of benzene rings is 1. The maximum Gasteiger partial charge on any atom is 0.229 e. The van der Waals surface area contributed by atoms with E-state index in [2.05, 4.69) is 29.2 Å². The number of aryl methyl sites for hydroxylation is 2. The smallest absolute Gasteiger partial charge is 0.229 e. The second-order valence-electron chi connectivity index (χ2n) is 4.36. The van der Waals surface area contributed by atoms with Gasteiger partial charge in [0.05, 0.1) is 6.20 Å². The molecule has 1 aromatic heterocycles. The van der Waals surface area contributed by atoms with Crippen molar-refractivity contribution in [1.29, 1.82) is 0 Å². The maximum absolute atomic E-state index is 9.41. The van der Waals surface area contributed by atoms with E-state index >= 15 is 0 Å². The molecule has 0 radical (unpaired) electrons. The minimum Gasteiger partial charge on any atom is -0.492 e. The summed E-state index contributed by atoms with van der Waals surface area (Å²) >= 11 is 0. The van der Waals surface area contributed by atoms with Crippen molar-refractivity contribution in [2.75, 3.05) is 0 Å². The molecule has 0 saturated heterocycles. The second kappa shape index (κ2) is 3.37. The van der Waals surface area contributed by atoms with E-state index in [0.717, 1.165) is 18.7 Å². The number of hydrogen-bond acceptors (Lipinski definition) is 2. The minimum absolute atomic E-state index is 0.113. The lowest BCUT2D eigenvalue weighted by Gasteiger charge is -2.10. The molecule has 1 aromatic carbocycles. The third-order valence-corrected chi connectivity index (χ3v) is 3.34. The summed E-state index contributed by atoms with van der Waals surface area (Å²) < 4.78 is 1.92. The van der Waals surface area contributed by atoms with Crippen LogP contribution in [0.2, 0.25) is 0 Å². The number of nitrogens with zero attached hydrogens (tertiary/aromatic N) is 2. The zero-order valence-corrected chi connectivity index (χ0v) is 9.22. The van der Waals surface area contributed by atoms with Crippen molar-refractivity contribution >= 4 is 0 Å². The molecule has 1 heterocycles. The third kappa shape index (κ3) is 1.32. The molecule has 0 amide bonds. The summed E-state index contributed by atoms with van der Waals surface area (Å²) in [7, 11) is 1.93. The van der Waals surface area contributed by atoms with E-state index < -0.39 is 0 Å². The molecule has 0 fully saturated rings. The number of aromatic nitrogens is 2. The molecule has 3 nitrogen and oxygen atoms in total. The Morgan fingerprint density at radius 2 is 2.19 bits per heavy atom. The van der Waals surface area contributed by atoms with Gasteiger partial charge in [-0.3, -0.25) is 0 Å². The molecule has 0 aliphatic heterocycles. The van der Waals surface area contributed by atoms with Crippen LogP contribution >= 0.6 is 0 Å². The Morgan fingerprint density at radius 3 is 2.94 bits per heavy atom. The molecular formula is C13H14N2O. The Balaban J connectivity index is 2.08. The monoisotopic (exact) mass is 214 g/mol. The van der Waals surface area contributed by atoms with Crippen LogP contribution in [0.15, 0.2) is 30.5 Å². The van der Waals surface area contributed by atoms with Crippen molar-refractivity contribution in [2.24, 2.45) is 7.05 Å². The Morgan fingerprint density at radius 1 is 1.38 bits per heavy atom. The predicted octanol–water partition coefficient (Wildman–Crippen LogP) is 2.20. The fourth-order valence-electron chi connectivity index (χ4n) is 2.61. The van der Waals surface area contributed by atoms with Gasteiger partial charge in [0.1, 0.15) is 5.82 Å². The molecule has 2 aromatic rings. The van der Waals surface area contributed by atoms with Gasteiger partial charge >= 0.3 is 0 Å². The van der Waals surface area contributed by atoms with Crippen molar-refractivity contribution in [3.05, 3.63) is 47.4 Å². The van der Waals surface area contributed by atoms with Gasteiger partial charge in [0.15, 0.2) is 0 Å². The third-order valence-electron chi connectivity index (χ3n) is 3.34. The van der Waals surface area contributed by atoms with Crippen LogP contribution in [-0.2, 0) is 13.5 Å². The molecule has 1 aliphatic carbocycles. The summed E-state index contributed by atoms with van der Waals surface area (Å²) in [6, 6.07) is 8.49. The van der Waals surface area contributed by atoms with Crippen molar-refractivity contribution in [2.45, 2.75) is 18.8 Å². The lowest BCUT2D eigenvalue weighted by molar-refractivity contribution is 0.454. The van der Waals surface area contributed by atoms with E-state index in [-0.39, 0.29) is 5.88 Å². The number of aromatic hydroxyl groups is 1. The molecule has 16 heavy (non-hydrogen) atoms. The van der Waals surface area contributed by atoms with E-state index in [4.69, 9.17) is 0 Å². The molecular weight excluding hydrogens is 200 g/mol. The Bertz CT molecular complexity index is 530. The molecule has 3 rings (SSSR count). The average Bonchev–Trinajstić information content (AvgIpc) is 2.81. The number of fused-ring (bicyclic) bond motifs is 1. The highest BCUT2D eigenvalue weighted by atomic mass is 16.3. The van der Waals surface area contributed by atoms with Crippen LogP contribution in [0.5, 0.6) is 5.88 Å². The van der Waals surface area contributed by atoms with Crippen LogP contribution in [0.3, 0.4) is 0 Å². The lowest BCUT2D eigenvalue weighted by atomic mass is 10.0. The van der Waals surface area contributed by atoms with Gasteiger partial charge in [0.25, 0.3) is 0 Å². The van der Waals surface area contributed by atoms with Crippen LogP contribution < -0.4 is 0 Å². The van der Waals surface area contributed by atoms with Gasteiger partial charge in [0.2, 0.25) is 5.88 Å². The first-order chi connectivity index (χ1) is 7.75. The topological polar surface area (TPSA) is 38.0 Å². The SMILES string of the molecule is Cn1cc(O)nc1C1CCc2ccccc21. The van der Waals surface area contributed by atoms with Gasteiger partial charge in [-0.1, -0.05) is 24.3 Å². The molecule has 1 unspecified atom stereocenters. The van der Waals surface area contributed by atoms with Gasteiger partial charge in [-0.2, -0.15) is 4.98 Å². The Hall–Kier alpha value is -1.77. The number of hydrogen-bond donors (Lipinski definition) is 1. The summed E-state index contributed by atoms with van der Waals surface area (Å²) in [4.78, 5) is 4.21. The number of imidazole rings is 1. The van der Waals surface area contributed by atoms with Crippen LogP contribution in [-0.4, -0.2) is 14.7 Å². The van der Waals surface area contributed by atoms with E-state index in [1.54, 1.807) is 6.20 Å². The van der Waals surface area contributed by atoms with Crippen molar-refractivity contribution in [3.63, 3.8) is 0 Å². The fraction of sp³-hybridized carbons (Fsp3) is 0.308. The maximum atomic E-state index is 9.41. The highest BCUT2D eigenvalue weighted by Crippen LogP contribution is 2.37. The van der Waals surface area contributed by atoms with E-state index in [1.807, 2.05) is 11.6 Å². The summed E-state index contributed by atoms with van der Waals surface area (Å²) in [5.41, 5.74) is 2.77. The summed E-state index contributed by atoms with van der Waals surface area (Å²) in [6.07, 6.45) is 3.86. The molecule has 0 spiro atoms. The van der Waals surface area contributed by atoms with E-state index in [0.29, 0.717) is 5.92 Å². The highest BCUT2D eigenvalue weighted by Gasteiger charge is 2.26. The first-order valence-corrected chi connectivity index (χ1v) is 5.56.